The summed E-state index contributed by atoms with van der Waals surface area (Å²) in [6, 6.07) is 7.16. The summed E-state index contributed by atoms with van der Waals surface area (Å²) in [6.07, 6.45) is 12.4. The average Bonchev–Trinajstić information content (AvgIpc) is 3.08. The molecule has 0 aliphatic heterocycles. The van der Waals surface area contributed by atoms with Crippen molar-refractivity contribution >= 4 is 47.4 Å². The van der Waals surface area contributed by atoms with Gasteiger partial charge in [0.25, 0.3) is 0 Å². The van der Waals surface area contributed by atoms with E-state index in [1.165, 1.54) is 58.9 Å². The molecule has 0 atom stereocenters. The molecule has 0 fully saturated rings. The fourth-order valence-corrected chi connectivity index (χ4v) is 4.09. The predicted octanol–water partition coefficient (Wildman–Crippen LogP) is 5.46. The fraction of sp³-hybridized carbons (Fsp3) is 0.467. The fourth-order valence-electron chi connectivity index (χ4n) is 3.59. The normalized spacial score (nSPS) is 10.2. The lowest BCUT2D eigenvalue weighted by molar-refractivity contribution is 0.294. The molecule has 0 saturated carbocycles. The van der Waals surface area contributed by atoms with Crippen molar-refractivity contribution in [3.8, 4) is 35.2 Å². The van der Waals surface area contributed by atoms with Crippen LogP contribution in [0.5, 0.6) is 23.8 Å². The maximum absolute atomic E-state index is 8.86. The van der Waals surface area contributed by atoms with Crippen molar-refractivity contribution in [2.75, 3.05) is 27.4 Å². The monoisotopic (exact) mass is 724 g/mol. The number of pyridine rings is 2. The third-order valence-electron chi connectivity index (χ3n) is 6.06. The number of ether oxygens (including phenoxy) is 4. The summed E-state index contributed by atoms with van der Waals surface area (Å²) in [5, 5.41) is 17.9. The van der Waals surface area contributed by atoms with Crippen LogP contribution in [0.3, 0.4) is 0 Å². The molecule has 0 radical (unpaired) electrons. The van der Waals surface area contributed by atoms with Crippen LogP contribution in [0.1, 0.15) is 65.2 Å². The van der Waals surface area contributed by atoms with Gasteiger partial charge in [-0.2, -0.15) is 29.9 Å². The third kappa shape index (κ3) is 16.5. The average molecular weight is 726 g/mol. The van der Waals surface area contributed by atoms with Gasteiger partial charge in [0.15, 0.2) is 5.82 Å². The SMILES string of the molecule is CCCCCCOc1ccc(-c2nc(Cl)nc(OC)n2)cn1.CCCCCCOc1ccc(B(O)O)cn1.COc1nc(Cl)nc(Cl)n1. The molecule has 0 spiro atoms. The first-order chi connectivity index (χ1) is 23.2. The zero-order chi connectivity index (χ0) is 35.1. The highest BCUT2D eigenvalue weighted by Gasteiger charge is 2.11. The Balaban J connectivity index is 0.000000269. The van der Waals surface area contributed by atoms with E-state index in [0.717, 1.165) is 18.4 Å². The molecule has 0 aliphatic rings. The van der Waals surface area contributed by atoms with Crippen molar-refractivity contribution in [3.05, 3.63) is 52.5 Å². The zero-order valence-corrected chi connectivity index (χ0v) is 29.6. The van der Waals surface area contributed by atoms with Gasteiger partial charge >= 0.3 is 19.1 Å². The molecule has 260 valence electrons. The predicted molar refractivity (Wildman–Crippen MR) is 184 cm³/mol. The van der Waals surface area contributed by atoms with Gasteiger partial charge in [-0.3, -0.25) is 0 Å². The van der Waals surface area contributed by atoms with E-state index in [4.69, 9.17) is 59.1 Å². The van der Waals surface area contributed by atoms with E-state index in [9.17, 15) is 0 Å². The molecule has 4 rings (SSSR count). The lowest BCUT2D eigenvalue weighted by atomic mass is 9.82. The minimum Gasteiger partial charge on any atom is -0.478 e. The molecular formula is C30H40BCl3N8O6. The van der Waals surface area contributed by atoms with Gasteiger partial charge in [0, 0.05) is 29.5 Å². The second-order valence-electron chi connectivity index (χ2n) is 9.78. The van der Waals surface area contributed by atoms with E-state index in [-0.39, 0.29) is 27.9 Å². The number of hydrogen-bond donors (Lipinski definition) is 2. The van der Waals surface area contributed by atoms with Crippen LogP contribution in [0.2, 0.25) is 15.9 Å². The Labute approximate surface area is 295 Å². The van der Waals surface area contributed by atoms with Crippen LogP contribution in [0.15, 0.2) is 36.7 Å². The van der Waals surface area contributed by atoms with Gasteiger partial charge in [-0.05, 0) is 59.8 Å². The highest BCUT2D eigenvalue weighted by molar-refractivity contribution is 6.58. The molecule has 48 heavy (non-hydrogen) atoms. The molecule has 0 saturated heterocycles. The Hall–Kier alpha value is -3.63. The van der Waals surface area contributed by atoms with Crippen LogP contribution in [-0.4, -0.2) is 84.5 Å². The van der Waals surface area contributed by atoms with Gasteiger partial charge < -0.3 is 29.0 Å². The molecule has 4 aromatic rings. The Morgan fingerprint density at radius 3 is 1.54 bits per heavy atom. The van der Waals surface area contributed by atoms with Crippen molar-refractivity contribution in [1.82, 2.24) is 39.9 Å². The summed E-state index contributed by atoms with van der Waals surface area (Å²) in [5.41, 5.74) is 1.10. The van der Waals surface area contributed by atoms with E-state index < -0.39 is 7.12 Å². The number of hydrogen-bond acceptors (Lipinski definition) is 14. The maximum Gasteiger partial charge on any atom is 0.490 e. The second-order valence-corrected chi connectivity index (χ2v) is 10.8. The van der Waals surface area contributed by atoms with Crippen LogP contribution < -0.4 is 24.4 Å². The highest BCUT2D eigenvalue weighted by atomic mass is 35.5. The first kappa shape index (κ1) is 40.5. The van der Waals surface area contributed by atoms with E-state index in [2.05, 4.69) is 58.5 Å². The third-order valence-corrected chi connectivity index (χ3v) is 6.57. The molecule has 4 heterocycles. The highest BCUT2D eigenvalue weighted by Crippen LogP contribution is 2.20. The van der Waals surface area contributed by atoms with Gasteiger partial charge in [-0.1, -0.05) is 58.4 Å². The molecule has 0 unspecified atom stereocenters. The van der Waals surface area contributed by atoms with Gasteiger partial charge in [0.05, 0.1) is 27.4 Å². The Morgan fingerprint density at radius 1 is 0.604 bits per heavy atom. The summed E-state index contributed by atoms with van der Waals surface area (Å²) in [7, 11) is 1.43. The standard InChI is InChI=1S/C15H19ClN4O2.C11H18BNO3.C4H3Cl2N3O/c1-3-4-5-6-9-22-12-8-7-11(10-17-12)13-18-14(16)20-15(19-13)21-2;1-2-3-4-5-8-16-11-7-6-10(9-13-11)12(14)15;1-10-4-8-2(5)7-3(6)9-4/h7-8,10H,3-6,9H2,1-2H3;6-7,9,14-15H,2-5,8H2,1H3;1H3. The van der Waals surface area contributed by atoms with Crippen molar-refractivity contribution in [3.63, 3.8) is 0 Å². The summed E-state index contributed by atoms with van der Waals surface area (Å²) in [5.74, 6) is 1.53. The molecule has 2 N–H and O–H groups in total. The lowest BCUT2D eigenvalue weighted by Gasteiger charge is -2.06. The zero-order valence-electron chi connectivity index (χ0n) is 27.4. The van der Waals surface area contributed by atoms with E-state index in [1.807, 2.05) is 6.07 Å². The first-order valence-electron chi connectivity index (χ1n) is 15.3. The molecule has 0 bridgehead atoms. The van der Waals surface area contributed by atoms with Crippen molar-refractivity contribution in [2.24, 2.45) is 0 Å². The topological polar surface area (TPSA) is 180 Å². The number of nitrogens with zero attached hydrogens (tertiary/aromatic N) is 8. The lowest BCUT2D eigenvalue weighted by Crippen LogP contribution is -2.29. The molecule has 14 nitrogen and oxygen atoms in total. The number of methoxy groups -OCH3 is 2. The summed E-state index contributed by atoms with van der Waals surface area (Å²) in [6.45, 7) is 5.69. The van der Waals surface area contributed by atoms with Crippen molar-refractivity contribution < 1.29 is 29.0 Å². The van der Waals surface area contributed by atoms with Gasteiger partial charge in [-0.15, -0.1) is 0 Å². The minimum absolute atomic E-state index is 0.0249. The summed E-state index contributed by atoms with van der Waals surface area (Å²) < 4.78 is 20.6. The quantitative estimate of drug-likeness (QED) is 0.110. The Kier molecular flexibility index (Phi) is 20.0. The molecular weight excluding hydrogens is 686 g/mol. The number of aromatic nitrogens is 8. The smallest absolute Gasteiger partial charge is 0.478 e. The van der Waals surface area contributed by atoms with Crippen LogP contribution in [0.25, 0.3) is 11.4 Å². The summed E-state index contributed by atoms with van der Waals surface area (Å²) >= 11 is 16.6. The second kappa shape index (κ2) is 23.7. The van der Waals surface area contributed by atoms with Crippen LogP contribution in [0.4, 0.5) is 0 Å². The Morgan fingerprint density at radius 2 is 1.10 bits per heavy atom. The molecule has 0 aromatic carbocycles. The molecule has 0 amide bonds. The summed E-state index contributed by atoms with van der Waals surface area (Å²) in [4.78, 5) is 31.0. The van der Waals surface area contributed by atoms with Crippen LogP contribution in [-0.2, 0) is 0 Å². The largest absolute Gasteiger partial charge is 0.490 e. The van der Waals surface area contributed by atoms with Crippen molar-refractivity contribution in [2.45, 2.75) is 65.2 Å². The van der Waals surface area contributed by atoms with E-state index in [1.54, 1.807) is 24.4 Å². The van der Waals surface area contributed by atoms with Gasteiger partial charge in [0.2, 0.25) is 27.6 Å². The molecule has 4 aromatic heterocycles. The molecule has 0 aliphatic carbocycles. The number of rotatable bonds is 16. The van der Waals surface area contributed by atoms with Crippen LogP contribution in [0, 0.1) is 0 Å². The van der Waals surface area contributed by atoms with E-state index in [0.29, 0.717) is 36.3 Å². The first-order valence-corrected chi connectivity index (χ1v) is 16.4. The Bertz CT molecular complexity index is 1440. The van der Waals surface area contributed by atoms with E-state index >= 15 is 0 Å². The number of halogens is 3. The van der Waals surface area contributed by atoms with Crippen LogP contribution >= 0.6 is 34.8 Å². The molecule has 18 heteroatoms. The number of unbranched alkanes of at least 4 members (excludes halogenated alkanes) is 6. The van der Waals surface area contributed by atoms with Crippen molar-refractivity contribution in [1.29, 1.82) is 0 Å². The van der Waals surface area contributed by atoms with Gasteiger partial charge in [-0.25, -0.2) is 9.97 Å². The minimum atomic E-state index is -1.47. The maximum atomic E-state index is 8.86. The van der Waals surface area contributed by atoms with Gasteiger partial charge in [0.1, 0.15) is 0 Å².